The summed E-state index contributed by atoms with van der Waals surface area (Å²) in [5.74, 6) is -0.0145. The Morgan fingerprint density at radius 3 is 2.93 bits per heavy atom. The van der Waals surface area contributed by atoms with E-state index in [2.05, 4.69) is 10.1 Å². The molecule has 1 fully saturated rings. The molecule has 1 amide bonds. The first-order valence-corrected chi connectivity index (χ1v) is 9.43. The van der Waals surface area contributed by atoms with E-state index in [4.69, 9.17) is 0 Å². The third-order valence-electron chi connectivity index (χ3n) is 5.24. The van der Waals surface area contributed by atoms with Gasteiger partial charge in [-0.3, -0.25) is 18.8 Å². The summed E-state index contributed by atoms with van der Waals surface area (Å²) in [5.41, 5.74) is 0.486. The molecule has 0 saturated carbocycles. The fourth-order valence-electron chi connectivity index (χ4n) is 3.80. The van der Waals surface area contributed by atoms with Crippen molar-refractivity contribution in [3.05, 3.63) is 59.4 Å². The fraction of sp³-hybridized carbons (Fsp3) is 0.400. The molecule has 1 saturated heterocycles. The number of piperidine rings is 1. The number of amides is 1. The third kappa shape index (κ3) is 3.77. The quantitative estimate of drug-likeness (QED) is 0.694. The number of carbonyl (C=O) groups excluding carboxylic acids is 1. The van der Waals surface area contributed by atoms with Crippen molar-refractivity contribution in [2.24, 2.45) is 0 Å². The third-order valence-corrected chi connectivity index (χ3v) is 5.24. The molecule has 1 aliphatic rings. The fourth-order valence-corrected chi connectivity index (χ4v) is 3.80. The van der Waals surface area contributed by atoms with E-state index in [9.17, 15) is 9.59 Å². The van der Waals surface area contributed by atoms with Crippen LogP contribution in [0.2, 0.25) is 0 Å². The summed E-state index contributed by atoms with van der Waals surface area (Å²) in [6, 6.07) is 9.32. The smallest absolute Gasteiger partial charge is 0.261 e. The standard InChI is InChI=1S/C20H23N5O2/c26-19(14-23-15-21-18-8-2-1-7-17(18)20(23)27)25-12-4-3-6-16(25)9-13-24-11-5-10-22-24/h1-2,5,7-8,10-11,15-16H,3-4,6,9,12-14H2/t16-/m1/s1. The molecule has 0 N–H and O–H groups in total. The molecule has 140 valence electrons. The van der Waals surface area contributed by atoms with Gasteiger partial charge in [-0.05, 0) is 43.9 Å². The van der Waals surface area contributed by atoms with Crippen molar-refractivity contribution >= 4 is 16.8 Å². The molecule has 7 nitrogen and oxygen atoms in total. The van der Waals surface area contributed by atoms with Crippen LogP contribution in [-0.4, -0.2) is 42.7 Å². The molecular formula is C20H23N5O2. The van der Waals surface area contributed by atoms with Crippen molar-refractivity contribution in [3.8, 4) is 0 Å². The molecule has 1 atom stereocenters. The van der Waals surface area contributed by atoms with Crippen LogP contribution in [0.1, 0.15) is 25.7 Å². The maximum Gasteiger partial charge on any atom is 0.261 e. The van der Waals surface area contributed by atoms with Crippen molar-refractivity contribution in [2.45, 2.75) is 44.8 Å². The SMILES string of the molecule is O=C(Cn1cnc2ccccc2c1=O)N1CCCC[C@@H]1CCn1cccn1. The minimum atomic E-state index is -0.168. The highest BCUT2D eigenvalue weighted by molar-refractivity contribution is 5.79. The first kappa shape index (κ1) is 17.5. The normalized spacial score (nSPS) is 17.3. The first-order valence-electron chi connectivity index (χ1n) is 9.43. The highest BCUT2D eigenvalue weighted by atomic mass is 16.2. The van der Waals surface area contributed by atoms with E-state index >= 15 is 0 Å². The molecule has 1 aromatic carbocycles. The van der Waals surface area contributed by atoms with Gasteiger partial charge in [0.05, 0.1) is 17.2 Å². The molecule has 4 rings (SSSR count). The van der Waals surface area contributed by atoms with E-state index in [0.29, 0.717) is 10.9 Å². The summed E-state index contributed by atoms with van der Waals surface area (Å²) in [5, 5.41) is 4.78. The van der Waals surface area contributed by atoms with E-state index in [-0.39, 0.29) is 24.1 Å². The van der Waals surface area contributed by atoms with Crippen LogP contribution in [0.4, 0.5) is 0 Å². The maximum absolute atomic E-state index is 12.9. The zero-order valence-corrected chi connectivity index (χ0v) is 15.2. The molecule has 7 heteroatoms. The lowest BCUT2D eigenvalue weighted by Crippen LogP contribution is -2.46. The Kier molecular flexibility index (Phi) is 5.00. The lowest BCUT2D eigenvalue weighted by molar-refractivity contribution is -0.135. The predicted molar refractivity (Wildman–Crippen MR) is 102 cm³/mol. The van der Waals surface area contributed by atoms with E-state index < -0.39 is 0 Å². The Labute approximate surface area is 157 Å². The molecule has 1 aliphatic heterocycles. The summed E-state index contributed by atoms with van der Waals surface area (Å²) in [6.45, 7) is 1.58. The number of benzene rings is 1. The number of fused-ring (bicyclic) bond motifs is 1. The lowest BCUT2D eigenvalue weighted by atomic mass is 9.99. The Balaban J connectivity index is 1.48. The number of para-hydroxylation sites is 1. The summed E-state index contributed by atoms with van der Waals surface area (Å²) >= 11 is 0. The van der Waals surface area contributed by atoms with Crippen LogP contribution in [-0.2, 0) is 17.9 Å². The van der Waals surface area contributed by atoms with Crippen LogP contribution in [0.15, 0.2) is 53.8 Å². The Morgan fingerprint density at radius 2 is 2.07 bits per heavy atom. The topological polar surface area (TPSA) is 73.0 Å². The predicted octanol–water partition coefficient (Wildman–Crippen LogP) is 2.06. The van der Waals surface area contributed by atoms with E-state index in [1.54, 1.807) is 18.3 Å². The highest BCUT2D eigenvalue weighted by Gasteiger charge is 2.26. The molecular weight excluding hydrogens is 342 g/mol. The number of aromatic nitrogens is 4. The zero-order chi connectivity index (χ0) is 18.6. The first-order chi connectivity index (χ1) is 13.2. The largest absolute Gasteiger partial charge is 0.338 e. The number of hydrogen-bond acceptors (Lipinski definition) is 4. The van der Waals surface area contributed by atoms with Gasteiger partial charge in [0.25, 0.3) is 5.56 Å². The maximum atomic E-state index is 12.9. The van der Waals surface area contributed by atoms with Gasteiger partial charge in [-0.15, -0.1) is 0 Å². The van der Waals surface area contributed by atoms with Gasteiger partial charge in [0.15, 0.2) is 0 Å². The number of carbonyl (C=O) groups is 1. The van der Waals surface area contributed by atoms with Crippen molar-refractivity contribution in [3.63, 3.8) is 0 Å². The van der Waals surface area contributed by atoms with Crippen molar-refractivity contribution in [2.75, 3.05) is 6.54 Å². The minimum Gasteiger partial charge on any atom is -0.338 e. The van der Waals surface area contributed by atoms with Crippen LogP contribution in [0.5, 0.6) is 0 Å². The average Bonchev–Trinajstić information content (AvgIpc) is 3.22. The van der Waals surface area contributed by atoms with Crippen LogP contribution in [0.25, 0.3) is 10.9 Å². The van der Waals surface area contributed by atoms with Gasteiger partial charge >= 0.3 is 0 Å². The Morgan fingerprint density at radius 1 is 1.19 bits per heavy atom. The van der Waals surface area contributed by atoms with Crippen molar-refractivity contribution in [1.82, 2.24) is 24.2 Å². The number of aryl methyl sites for hydroxylation is 1. The van der Waals surface area contributed by atoms with Crippen molar-refractivity contribution in [1.29, 1.82) is 0 Å². The molecule has 0 radical (unpaired) electrons. The number of nitrogens with zero attached hydrogens (tertiary/aromatic N) is 5. The van der Waals surface area contributed by atoms with Gasteiger partial charge < -0.3 is 4.90 Å². The zero-order valence-electron chi connectivity index (χ0n) is 15.2. The molecule has 0 bridgehead atoms. The van der Waals surface area contributed by atoms with Gasteiger partial charge in [-0.2, -0.15) is 5.10 Å². The van der Waals surface area contributed by atoms with Crippen LogP contribution in [0, 0.1) is 0 Å². The summed E-state index contributed by atoms with van der Waals surface area (Å²) in [7, 11) is 0. The van der Waals surface area contributed by atoms with Gasteiger partial charge in [-0.25, -0.2) is 4.98 Å². The van der Waals surface area contributed by atoms with Gasteiger partial charge in [-0.1, -0.05) is 12.1 Å². The van der Waals surface area contributed by atoms with Gasteiger partial charge in [0.2, 0.25) is 5.91 Å². The number of rotatable bonds is 5. The molecule has 0 unspecified atom stereocenters. The molecule has 0 aliphatic carbocycles. The van der Waals surface area contributed by atoms with Gasteiger partial charge in [0.1, 0.15) is 6.54 Å². The number of likely N-dealkylation sites (tertiary alicyclic amines) is 1. The molecule has 3 heterocycles. The summed E-state index contributed by atoms with van der Waals surface area (Å²) in [6.07, 6.45) is 9.19. The molecule has 3 aromatic rings. The van der Waals surface area contributed by atoms with Crippen LogP contribution >= 0.6 is 0 Å². The van der Waals surface area contributed by atoms with Crippen LogP contribution in [0.3, 0.4) is 0 Å². The average molecular weight is 365 g/mol. The minimum absolute atomic E-state index is 0.0145. The monoisotopic (exact) mass is 365 g/mol. The highest BCUT2D eigenvalue weighted by Crippen LogP contribution is 2.20. The Bertz CT molecular complexity index is 979. The molecule has 2 aromatic heterocycles. The second-order valence-corrected chi connectivity index (χ2v) is 6.99. The second-order valence-electron chi connectivity index (χ2n) is 6.99. The van der Waals surface area contributed by atoms with Gasteiger partial charge in [0, 0.05) is 31.5 Å². The summed E-state index contributed by atoms with van der Waals surface area (Å²) in [4.78, 5) is 31.8. The second kappa shape index (κ2) is 7.73. The van der Waals surface area contributed by atoms with E-state index in [1.807, 2.05) is 34.0 Å². The molecule has 0 spiro atoms. The van der Waals surface area contributed by atoms with E-state index in [0.717, 1.165) is 38.8 Å². The molecule has 27 heavy (non-hydrogen) atoms. The van der Waals surface area contributed by atoms with Crippen molar-refractivity contribution < 1.29 is 4.79 Å². The van der Waals surface area contributed by atoms with E-state index in [1.165, 1.54) is 10.9 Å². The summed E-state index contributed by atoms with van der Waals surface area (Å²) < 4.78 is 3.32. The lowest BCUT2D eigenvalue weighted by Gasteiger charge is -2.36. The number of hydrogen-bond donors (Lipinski definition) is 0. The Hall–Kier alpha value is -2.96. The van der Waals surface area contributed by atoms with Crippen LogP contribution < -0.4 is 5.56 Å².